The van der Waals surface area contributed by atoms with Crippen LogP contribution in [0.2, 0.25) is 0 Å². The molecule has 0 aliphatic carbocycles. The number of anilines is 1. The van der Waals surface area contributed by atoms with E-state index in [9.17, 15) is 9.18 Å². The lowest BCUT2D eigenvalue weighted by molar-refractivity contribution is -0.127. The first-order valence-electron chi connectivity index (χ1n) is 5.48. The van der Waals surface area contributed by atoms with Gasteiger partial charge in [-0.05, 0) is 24.6 Å². The van der Waals surface area contributed by atoms with Crippen molar-refractivity contribution in [1.82, 2.24) is 4.90 Å². The predicted molar refractivity (Wildman–Crippen MR) is 63.5 cm³/mol. The van der Waals surface area contributed by atoms with E-state index in [0.29, 0.717) is 18.5 Å². The molecule has 1 heterocycles. The lowest BCUT2D eigenvalue weighted by atomic mass is 10.2. The minimum absolute atomic E-state index is 0.116. The number of likely N-dealkylation sites (tertiary alicyclic amines) is 1. The van der Waals surface area contributed by atoms with Crippen molar-refractivity contribution in [3.8, 4) is 11.8 Å². The number of halogens is 1. The number of nitrogen functional groups attached to an aromatic ring is 1. The van der Waals surface area contributed by atoms with E-state index in [1.165, 1.54) is 12.1 Å². The Morgan fingerprint density at radius 2 is 2.29 bits per heavy atom. The maximum Gasteiger partial charge on any atom is 0.223 e. The van der Waals surface area contributed by atoms with Gasteiger partial charge in [0.05, 0.1) is 12.2 Å². The molecule has 1 aromatic carbocycles. The van der Waals surface area contributed by atoms with Crippen LogP contribution in [0.5, 0.6) is 0 Å². The number of hydrogen-bond acceptors (Lipinski definition) is 2. The Labute approximate surface area is 99.4 Å². The fraction of sp³-hybridized carbons (Fsp3) is 0.308. The van der Waals surface area contributed by atoms with Gasteiger partial charge in [0, 0.05) is 18.5 Å². The summed E-state index contributed by atoms with van der Waals surface area (Å²) in [6.45, 7) is 1.18. The van der Waals surface area contributed by atoms with Crippen LogP contribution in [0.4, 0.5) is 10.1 Å². The van der Waals surface area contributed by atoms with Gasteiger partial charge >= 0.3 is 0 Å². The van der Waals surface area contributed by atoms with E-state index in [0.717, 1.165) is 13.0 Å². The Morgan fingerprint density at radius 3 is 2.94 bits per heavy atom. The van der Waals surface area contributed by atoms with E-state index in [2.05, 4.69) is 11.8 Å². The lowest BCUT2D eigenvalue weighted by Crippen LogP contribution is -2.24. The summed E-state index contributed by atoms with van der Waals surface area (Å²) < 4.78 is 13.1. The summed E-state index contributed by atoms with van der Waals surface area (Å²) in [4.78, 5) is 13.0. The van der Waals surface area contributed by atoms with Gasteiger partial charge in [-0.15, -0.1) is 0 Å². The molecule has 0 saturated carbocycles. The van der Waals surface area contributed by atoms with Crippen LogP contribution in [0.25, 0.3) is 0 Å². The first kappa shape index (κ1) is 11.5. The van der Waals surface area contributed by atoms with Gasteiger partial charge in [-0.25, -0.2) is 4.39 Å². The van der Waals surface area contributed by atoms with Crippen LogP contribution in [0.1, 0.15) is 18.4 Å². The van der Waals surface area contributed by atoms with E-state index < -0.39 is 5.82 Å². The number of rotatable bonds is 1. The summed E-state index contributed by atoms with van der Waals surface area (Å²) in [7, 11) is 0. The highest BCUT2D eigenvalue weighted by molar-refractivity contribution is 5.78. The molecule has 0 radical (unpaired) electrons. The molecule has 2 N–H and O–H groups in total. The second kappa shape index (κ2) is 4.88. The van der Waals surface area contributed by atoms with Crippen LogP contribution in [0.3, 0.4) is 0 Å². The van der Waals surface area contributed by atoms with Gasteiger partial charge in [0.2, 0.25) is 5.91 Å². The molecule has 1 amide bonds. The van der Waals surface area contributed by atoms with Gasteiger partial charge in [-0.2, -0.15) is 0 Å². The molecule has 1 saturated heterocycles. The van der Waals surface area contributed by atoms with Crippen LogP contribution < -0.4 is 5.73 Å². The first-order valence-corrected chi connectivity index (χ1v) is 5.48. The number of carbonyl (C=O) groups is 1. The second-order valence-corrected chi connectivity index (χ2v) is 3.96. The standard InChI is InChI=1S/C13H13FN2O/c14-11-9-10(5-6-12(11)15)3-1-7-16-8-2-4-13(16)17/h5-6,9H,2,4,7-8,15H2. The van der Waals surface area contributed by atoms with E-state index in [-0.39, 0.29) is 11.6 Å². The van der Waals surface area contributed by atoms with Gasteiger partial charge in [0.15, 0.2) is 0 Å². The molecule has 1 aromatic rings. The lowest BCUT2D eigenvalue weighted by Gasteiger charge is -2.09. The largest absolute Gasteiger partial charge is 0.396 e. The average molecular weight is 232 g/mol. The Hall–Kier alpha value is -2.02. The predicted octanol–water partition coefficient (Wildman–Crippen LogP) is 1.38. The van der Waals surface area contributed by atoms with Gasteiger partial charge in [0.25, 0.3) is 0 Å². The van der Waals surface area contributed by atoms with Crippen molar-refractivity contribution in [1.29, 1.82) is 0 Å². The van der Waals surface area contributed by atoms with E-state index in [1.807, 2.05) is 0 Å². The highest BCUT2D eigenvalue weighted by Gasteiger charge is 2.18. The molecule has 17 heavy (non-hydrogen) atoms. The fourth-order valence-corrected chi connectivity index (χ4v) is 1.71. The van der Waals surface area contributed by atoms with Crippen molar-refractivity contribution in [3.63, 3.8) is 0 Å². The van der Waals surface area contributed by atoms with Crippen LogP contribution in [0, 0.1) is 17.7 Å². The normalized spacial score (nSPS) is 14.6. The van der Waals surface area contributed by atoms with Crippen molar-refractivity contribution in [3.05, 3.63) is 29.6 Å². The summed E-state index contributed by atoms with van der Waals surface area (Å²) in [5.74, 6) is 5.37. The molecule has 1 aliphatic heterocycles. The van der Waals surface area contributed by atoms with Crippen molar-refractivity contribution in [2.45, 2.75) is 12.8 Å². The summed E-state index contributed by atoms with van der Waals surface area (Å²) in [6, 6.07) is 4.45. The van der Waals surface area contributed by atoms with Gasteiger partial charge in [-0.3, -0.25) is 4.79 Å². The molecule has 88 valence electrons. The molecule has 0 spiro atoms. The molecule has 0 aromatic heterocycles. The second-order valence-electron chi connectivity index (χ2n) is 3.96. The summed E-state index contributed by atoms with van der Waals surface area (Å²) in [5, 5.41) is 0. The Balaban J connectivity index is 2.01. The number of hydrogen-bond donors (Lipinski definition) is 1. The average Bonchev–Trinajstić information content (AvgIpc) is 2.70. The molecular weight excluding hydrogens is 219 g/mol. The molecule has 4 heteroatoms. The minimum Gasteiger partial charge on any atom is -0.396 e. The van der Waals surface area contributed by atoms with Gasteiger partial charge in [-0.1, -0.05) is 11.8 Å². The zero-order valence-corrected chi connectivity index (χ0v) is 9.37. The molecule has 1 aliphatic rings. The van der Waals surface area contributed by atoms with E-state index in [1.54, 1.807) is 11.0 Å². The number of benzene rings is 1. The SMILES string of the molecule is Nc1ccc(C#CCN2CCCC2=O)cc1F. The Kier molecular flexibility index (Phi) is 3.29. The highest BCUT2D eigenvalue weighted by atomic mass is 19.1. The molecule has 0 atom stereocenters. The summed E-state index contributed by atoms with van der Waals surface area (Å²) >= 11 is 0. The summed E-state index contributed by atoms with van der Waals surface area (Å²) in [5.41, 5.74) is 6.05. The monoisotopic (exact) mass is 232 g/mol. The van der Waals surface area contributed by atoms with Crippen molar-refractivity contribution >= 4 is 11.6 Å². The van der Waals surface area contributed by atoms with E-state index >= 15 is 0 Å². The third-order valence-corrected chi connectivity index (χ3v) is 2.67. The molecule has 1 fully saturated rings. The minimum atomic E-state index is -0.464. The quantitative estimate of drug-likeness (QED) is 0.587. The van der Waals surface area contributed by atoms with E-state index in [4.69, 9.17) is 5.73 Å². The first-order chi connectivity index (χ1) is 8.16. The zero-order chi connectivity index (χ0) is 12.3. The Bertz CT molecular complexity index is 502. The zero-order valence-electron chi connectivity index (χ0n) is 9.37. The van der Waals surface area contributed by atoms with Crippen molar-refractivity contribution in [2.24, 2.45) is 0 Å². The number of carbonyl (C=O) groups excluding carboxylic acids is 1. The molecule has 3 nitrogen and oxygen atoms in total. The summed E-state index contributed by atoms with van der Waals surface area (Å²) in [6.07, 6.45) is 1.51. The number of nitrogens with zero attached hydrogens (tertiary/aromatic N) is 1. The highest BCUT2D eigenvalue weighted by Crippen LogP contribution is 2.11. The van der Waals surface area contributed by atoms with Gasteiger partial charge in [0.1, 0.15) is 5.82 Å². The third-order valence-electron chi connectivity index (χ3n) is 2.67. The number of amides is 1. The number of nitrogens with two attached hydrogens (primary N) is 1. The molecular formula is C13H13FN2O. The maximum atomic E-state index is 13.1. The maximum absolute atomic E-state index is 13.1. The Morgan fingerprint density at radius 1 is 1.47 bits per heavy atom. The van der Waals surface area contributed by atoms with Crippen LogP contribution in [-0.2, 0) is 4.79 Å². The topological polar surface area (TPSA) is 46.3 Å². The van der Waals surface area contributed by atoms with Gasteiger partial charge < -0.3 is 10.6 Å². The van der Waals surface area contributed by atoms with Crippen LogP contribution in [-0.4, -0.2) is 23.9 Å². The smallest absolute Gasteiger partial charge is 0.223 e. The van der Waals surface area contributed by atoms with Crippen LogP contribution >= 0.6 is 0 Å². The van der Waals surface area contributed by atoms with Crippen LogP contribution in [0.15, 0.2) is 18.2 Å². The molecule has 2 rings (SSSR count). The molecule has 0 unspecified atom stereocenters. The van der Waals surface area contributed by atoms with Crippen molar-refractivity contribution < 1.29 is 9.18 Å². The fourth-order valence-electron chi connectivity index (χ4n) is 1.71. The third kappa shape index (κ3) is 2.76. The van der Waals surface area contributed by atoms with Crippen molar-refractivity contribution in [2.75, 3.05) is 18.8 Å². The molecule has 0 bridgehead atoms.